The van der Waals surface area contributed by atoms with Crippen LogP contribution in [0.4, 0.5) is 22.7 Å². The SMILES string of the molecule is CCN(C)c1ccccc1-c1c2nc(c(-c3ccccc3N(C)CC)c3ccc([nH]3)c(-c3ccccc3N(C)CC)c3nc(c(-c4ccccc4N(C)CC)c4ccc1[nH]4)C=C3)C=C2. The highest BCUT2D eigenvalue weighted by Gasteiger charge is 2.23. The van der Waals surface area contributed by atoms with Crippen LogP contribution in [0, 0.1) is 0 Å². The molecule has 5 heterocycles. The highest BCUT2D eigenvalue weighted by molar-refractivity contribution is 6.03. The van der Waals surface area contributed by atoms with Gasteiger partial charge in [-0.1, -0.05) is 72.8 Å². The largest absolute Gasteiger partial charge is 0.374 e. The standard InChI is InChI=1S/C56H58N8/c1-9-61(5)49-25-17-13-21-37(49)53-41-29-31-43(57-41)54(38-22-14-18-26-50(38)62(6)10-2)45-33-35-47(59-45)56(40-24-16-20-28-52(40)64(8)12-4)48-36-34-46(60-48)55(44-32-30-42(53)58-44)39-23-15-19-27-51(39)63(7)11-3/h13-36,57,60H,9-12H2,1-8H3. The fourth-order valence-electron chi connectivity index (χ4n) is 9.09. The molecule has 64 heavy (non-hydrogen) atoms. The van der Waals surface area contributed by atoms with E-state index in [0.29, 0.717) is 0 Å². The second-order valence-corrected chi connectivity index (χ2v) is 16.6. The molecule has 0 fully saturated rings. The quantitative estimate of drug-likeness (QED) is 0.128. The van der Waals surface area contributed by atoms with Gasteiger partial charge >= 0.3 is 0 Å². The molecule has 4 aromatic carbocycles. The predicted octanol–water partition coefficient (Wildman–Crippen LogP) is 13.1. The summed E-state index contributed by atoms with van der Waals surface area (Å²) in [7, 11) is 8.63. The van der Waals surface area contributed by atoms with Crippen LogP contribution in [-0.2, 0) is 0 Å². The van der Waals surface area contributed by atoms with Gasteiger partial charge in [0, 0.05) is 144 Å². The molecule has 2 aliphatic heterocycles. The Balaban J connectivity index is 1.51. The fraction of sp³-hybridized carbons (Fsp3) is 0.214. The lowest BCUT2D eigenvalue weighted by molar-refractivity contribution is 0.969. The molecule has 8 nitrogen and oxygen atoms in total. The molecule has 0 aliphatic carbocycles. The van der Waals surface area contributed by atoms with E-state index in [1.807, 2.05) is 0 Å². The topological polar surface area (TPSA) is 70.3 Å². The van der Waals surface area contributed by atoms with Crippen LogP contribution in [0.5, 0.6) is 0 Å². The minimum Gasteiger partial charge on any atom is -0.374 e. The van der Waals surface area contributed by atoms with E-state index in [0.717, 1.165) is 138 Å². The van der Waals surface area contributed by atoms with Crippen LogP contribution in [0.15, 0.2) is 121 Å². The third kappa shape index (κ3) is 7.53. The second-order valence-electron chi connectivity index (χ2n) is 16.6. The number of anilines is 4. The van der Waals surface area contributed by atoms with E-state index in [1.165, 1.54) is 0 Å². The van der Waals surface area contributed by atoms with Crippen molar-refractivity contribution in [3.8, 4) is 44.5 Å². The summed E-state index contributed by atoms with van der Waals surface area (Å²) in [5, 5.41) is 0. The van der Waals surface area contributed by atoms with Gasteiger partial charge in [0.1, 0.15) is 0 Å². The summed E-state index contributed by atoms with van der Waals surface area (Å²) in [5.41, 5.74) is 20.6. The van der Waals surface area contributed by atoms with Crippen LogP contribution in [0.1, 0.15) is 50.5 Å². The zero-order valence-electron chi connectivity index (χ0n) is 38.4. The molecule has 0 atom stereocenters. The average molecular weight is 843 g/mol. The number of benzene rings is 4. The summed E-state index contributed by atoms with van der Waals surface area (Å²) in [5.74, 6) is 0. The van der Waals surface area contributed by atoms with Crippen LogP contribution in [0.3, 0.4) is 0 Å². The first-order valence-electron chi connectivity index (χ1n) is 22.6. The minimum atomic E-state index is 0.859. The Hall–Kier alpha value is -7.32. The third-order valence-corrected chi connectivity index (χ3v) is 13.0. The maximum absolute atomic E-state index is 5.65. The van der Waals surface area contributed by atoms with Crippen molar-refractivity contribution < 1.29 is 0 Å². The van der Waals surface area contributed by atoms with Crippen molar-refractivity contribution in [1.82, 2.24) is 19.9 Å². The van der Waals surface area contributed by atoms with Gasteiger partial charge in [0.25, 0.3) is 0 Å². The fourth-order valence-corrected chi connectivity index (χ4v) is 9.09. The molecule has 0 saturated heterocycles. The van der Waals surface area contributed by atoms with Gasteiger partial charge in [0.15, 0.2) is 0 Å². The number of aromatic amines is 2. The molecule has 2 N–H and O–H groups in total. The molecule has 0 radical (unpaired) electrons. The van der Waals surface area contributed by atoms with Crippen molar-refractivity contribution in [2.45, 2.75) is 27.7 Å². The number of hydrogen-bond donors (Lipinski definition) is 2. The highest BCUT2D eigenvalue weighted by atomic mass is 15.1. The molecule has 0 unspecified atom stereocenters. The summed E-state index contributed by atoms with van der Waals surface area (Å²) < 4.78 is 0. The molecule has 8 heteroatoms. The van der Waals surface area contributed by atoms with Crippen molar-refractivity contribution in [2.75, 3.05) is 74.0 Å². The van der Waals surface area contributed by atoms with E-state index < -0.39 is 0 Å². The third-order valence-electron chi connectivity index (χ3n) is 13.0. The minimum absolute atomic E-state index is 0.859. The Morgan fingerprint density at radius 3 is 0.766 bits per heavy atom. The lowest BCUT2D eigenvalue weighted by Gasteiger charge is -2.22. The molecule has 8 bridgehead atoms. The molecule has 0 saturated carbocycles. The zero-order chi connectivity index (χ0) is 44.5. The van der Waals surface area contributed by atoms with E-state index in [4.69, 9.17) is 9.97 Å². The normalized spacial score (nSPS) is 11.9. The van der Waals surface area contributed by atoms with E-state index in [9.17, 15) is 0 Å². The van der Waals surface area contributed by atoms with Gasteiger partial charge < -0.3 is 29.6 Å². The van der Waals surface area contributed by atoms with Crippen LogP contribution >= 0.6 is 0 Å². The van der Waals surface area contributed by atoms with Gasteiger partial charge in [-0.25, -0.2) is 9.97 Å². The van der Waals surface area contributed by atoms with Gasteiger partial charge in [-0.15, -0.1) is 0 Å². The van der Waals surface area contributed by atoms with Gasteiger partial charge in [0.05, 0.1) is 22.8 Å². The van der Waals surface area contributed by atoms with Crippen molar-refractivity contribution in [1.29, 1.82) is 0 Å². The first-order chi connectivity index (χ1) is 31.2. The van der Waals surface area contributed by atoms with Gasteiger partial charge in [0.2, 0.25) is 0 Å². The molecule has 0 amide bonds. The molecule has 7 aromatic rings. The van der Waals surface area contributed by atoms with E-state index in [2.05, 4.69) is 231 Å². The van der Waals surface area contributed by atoms with Gasteiger partial charge in [-0.2, -0.15) is 0 Å². The smallest absolute Gasteiger partial charge is 0.0738 e. The molecule has 2 aliphatic rings. The lowest BCUT2D eigenvalue weighted by atomic mass is 10.0. The number of nitrogens with one attached hydrogen (secondary N) is 2. The Morgan fingerprint density at radius 2 is 0.547 bits per heavy atom. The van der Waals surface area contributed by atoms with Crippen LogP contribution < -0.4 is 19.6 Å². The summed E-state index contributed by atoms with van der Waals surface area (Å²) in [6.07, 6.45) is 8.77. The van der Waals surface area contributed by atoms with Crippen LogP contribution in [-0.4, -0.2) is 74.3 Å². The van der Waals surface area contributed by atoms with Gasteiger partial charge in [-0.05, 0) is 101 Å². The highest BCUT2D eigenvalue weighted by Crippen LogP contribution is 2.44. The van der Waals surface area contributed by atoms with E-state index in [-0.39, 0.29) is 0 Å². The molecule has 3 aromatic heterocycles. The number of H-pyrrole nitrogens is 2. The maximum atomic E-state index is 5.65. The Bertz CT molecular complexity index is 2690. The monoisotopic (exact) mass is 842 g/mol. The van der Waals surface area contributed by atoms with Crippen molar-refractivity contribution in [3.63, 3.8) is 0 Å². The summed E-state index contributed by atoms with van der Waals surface area (Å²) in [6.45, 7) is 12.2. The number of hydrogen-bond acceptors (Lipinski definition) is 6. The molecule has 9 rings (SSSR count). The predicted molar refractivity (Wildman–Crippen MR) is 276 cm³/mol. The first-order valence-corrected chi connectivity index (χ1v) is 22.6. The van der Waals surface area contributed by atoms with Crippen molar-refractivity contribution in [3.05, 3.63) is 144 Å². The Labute approximate surface area is 377 Å². The Kier molecular flexibility index (Phi) is 11.7. The van der Waals surface area contributed by atoms with Crippen molar-refractivity contribution >= 4 is 69.1 Å². The van der Waals surface area contributed by atoms with Gasteiger partial charge in [-0.3, -0.25) is 0 Å². The summed E-state index contributed by atoms with van der Waals surface area (Å²) >= 11 is 0. The second kappa shape index (κ2) is 17.8. The van der Waals surface area contributed by atoms with Crippen LogP contribution in [0.25, 0.3) is 90.9 Å². The summed E-state index contributed by atoms with van der Waals surface area (Å²) in [4.78, 5) is 28.5. The number of nitrogens with zero attached hydrogens (tertiary/aromatic N) is 6. The molecular weight excluding hydrogens is 785 g/mol. The van der Waals surface area contributed by atoms with E-state index >= 15 is 0 Å². The van der Waals surface area contributed by atoms with E-state index in [1.54, 1.807) is 0 Å². The zero-order valence-corrected chi connectivity index (χ0v) is 38.4. The summed E-state index contributed by atoms with van der Waals surface area (Å²) in [6, 6.07) is 43.6. The Morgan fingerprint density at radius 1 is 0.328 bits per heavy atom. The first kappa shape index (κ1) is 42.0. The van der Waals surface area contributed by atoms with Crippen molar-refractivity contribution in [2.24, 2.45) is 0 Å². The molecule has 0 spiro atoms. The average Bonchev–Trinajstić information content (AvgIpc) is 4.20. The van der Waals surface area contributed by atoms with Crippen LogP contribution in [0.2, 0.25) is 0 Å². The maximum Gasteiger partial charge on any atom is 0.0738 e. The molecular formula is C56H58N8. The molecule has 322 valence electrons. The number of rotatable bonds is 12. The number of fused-ring (bicyclic) bond motifs is 8. The lowest BCUT2D eigenvalue weighted by Crippen LogP contribution is -2.16. The number of para-hydroxylation sites is 4. The number of aromatic nitrogens is 4.